The van der Waals surface area contributed by atoms with E-state index in [-0.39, 0.29) is 0 Å². The Morgan fingerprint density at radius 3 is 2.61 bits per heavy atom. The average molecular weight is 335 g/mol. The minimum absolute atomic E-state index is 0.354. The van der Waals surface area contributed by atoms with E-state index in [1.54, 1.807) is 6.07 Å². The second-order valence-corrected chi connectivity index (χ2v) is 5.89. The highest BCUT2D eigenvalue weighted by Crippen LogP contribution is 2.29. The smallest absolute Gasteiger partial charge is 0.318 e. The van der Waals surface area contributed by atoms with Crippen molar-refractivity contribution >= 4 is 27.8 Å². The fourth-order valence-corrected chi connectivity index (χ4v) is 3.09. The van der Waals surface area contributed by atoms with Gasteiger partial charge in [-0.2, -0.15) is 18.3 Å². The van der Waals surface area contributed by atoms with E-state index < -0.39 is 11.7 Å². The highest BCUT2D eigenvalue weighted by atomic mass is 32.1. The van der Waals surface area contributed by atoms with E-state index in [9.17, 15) is 13.2 Å². The van der Waals surface area contributed by atoms with Gasteiger partial charge in [0.05, 0.1) is 22.0 Å². The Morgan fingerprint density at radius 1 is 1.09 bits per heavy atom. The van der Waals surface area contributed by atoms with Crippen molar-refractivity contribution in [1.82, 2.24) is 4.57 Å². The molecule has 0 aliphatic carbocycles. The van der Waals surface area contributed by atoms with Gasteiger partial charge in [-0.05, 0) is 29.8 Å². The second kappa shape index (κ2) is 6.00. The quantitative estimate of drug-likeness (QED) is 0.496. The number of thiazole rings is 1. The summed E-state index contributed by atoms with van der Waals surface area (Å²) in [6.07, 6.45) is -3.04. The molecule has 3 nitrogen and oxygen atoms in total. The van der Waals surface area contributed by atoms with Crippen LogP contribution in [0, 0.1) is 0 Å². The predicted molar refractivity (Wildman–Crippen MR) is 85.4 cm³/mol. The van der Waals surface area contributed by atoms with E-state index in [4.69, 9.17) is 0 Å². The fourth-order valence-electron chi connectivity index (χ4n) is 2.12. The number of para-hydroxylation sites is 1. The third kappa shape index (κ3) is 3.34. The molecule has 0 radical (unpaired) electrons. The van der Waals surface area contributed by atoms with Crippen molar-refractivity contribution < 1.29 is 13.2 Å². The standard InChI is InChI=1S/C16H12F3N3S/c1-22-13-7-2-3-8-14(13)23-15(22)21-20-10-11-5-4-6-12(9-11)16(17,18)19/h2-10H,1H3. The second-order valence-electron chi connectivity index (χ2n) is 4.88. The van der Waals surface area contributed by atoms with E-state index in [2.05, 4.69) is 10.2 Å². The van der Waals surface area contributed by atoms with Gasteiger partial charge in [-0.25, -0.2) is 0 Å². The molecule has 3 aromatic rings. The van der Waals surface area contributed by atoms with Crippen LogP contribution in [0.25, 0.3) is 10.2 Å². The van der Waals surface area contributed by atoms with Gasteiger partial charge >= 0.3 is 6.18 Å². The monoisotopic (exact) mass is 335 g/mol. The molecule has 1 heterocycles. The van der Waals surface area contributed by atoms with E-state index in [0.717, 1.165) is 22.3 Å². The first-order chi connectivity index (χ1) is 10.9. The number of hydrogen-bond acceptors (Lipinski definition) is 3. The predicted octanol–water partition coefficient (Wildman–Crippen LogP) is 4.19. The van der Waals surface area contributed by atoms with Gasteiger partial charge in [-0.3, -0.25) is 0 Å². The molecule has 2 aromatic carbocycles. The lowest BCUT2D eigenvalue weighted by Crippen LogP contribution is -2.09. The Balaban J connectivity index is 1.92. The van der Waals surface area contributed by atoms with E-state index >= 15 is 0 Å². The Kier molecular flexibility index (Phi) is 4.04. The lowest BCUT2D eigenvalue weighted by molar-refractivity contribution is -0.137. The molecule has 0 aliphatic heterocycles. The van der Waals surface area contributed by atoms with Crippen molar-refractivity contribution in [3.63, 3.8) is 0 Å². The van der Waals surface area contributed by atoms with E-state index in [1.165, 1.54) is 23.6 Å². The van der Waals surface area contributed by atoms with Crippen molar-refractivity contribution in [2.75, 3.05) is 0 Å². The van der Waals surface area contributed by atoms with Crippen LogP contribution >= 0.6 is 11.3 Å². The third-order valence-electron chi connectivity index (χ3n) is 3.28. The first-order valence-corrected chi connectivity index (χ1v) is 7.56. The molecular formula is C16H12F3N3S. The van der Waals surface area contributed by atoms with Gasteiger partial charge in [0.15, 0.2) is 0 Å². The Hall–Kier alpha value is -2.41. The lowest BCUT2D eigenvalue weighted by Gasteiger charge is -2.06. The summed E-state index contributed by atoms with van der Waals surface area (Å²) in [5.74, 6) is 0. The van der Waals surface area contributed by atoms with E-state index in [1.807, 2.05) is 35.9 Å². The summed E-state index contributed by atoms with van der Waals surface area (Å²) >= 11 is 1.47. The van der Waals surface area contributed by atoms with Crippen LogP contribution in [-0.4, -0.2) is 10.8 Å². The summed E-state index contributed by atoms with van der Waals surface area (Å²) in [6, 6.07) is 12.8. The summed E-state index contributed by atoms with van der Waals surface area (Å²) in [6.45, 7) is 0. The normalized spacial score (nSPS) is 13.3. The summed E-state index contributed by atoms with van der Waals surface area (Å²) in [4.78, 5) is 0.675. The van der Waals surface area contributed by atoms with Gasteiger partial charge in [-0.1, -0.05) is 35.6 Å². The van der Waals surface area contributed by atoms with Crippen LogP contribution in [-0.2, 0) is 13.2 Å². The highest BCUT2D eigenvalue weighted by molar-refractivity contribution is 7.16. The molecule has 0 aliphatic rings. The van der Waals surface area contributed by atoms with Crippen molar-refractivity contribution in [1.29, 1.82) is 0 Å². The van der Waals surface area contributed by atoms with Crippen LogP contribution in [0.15, 0.2) is 58.7 Å². The Labute approximate surface area is 134 Å². The van der Waals surface area contributed by atoms with Crippen molar-refractivity contribution in [2.24, 2.45) is 17.3 Å². The number of nitrogens with zero attached hydrogens (tertiary/aromatic N) is 3. The molecule has 0 saturated carbocycles. The molecule has 23 heavy (non-hydrogen) atoms. The van der Waals surface area contributed by atoms with Gasteiger partial charge in [-0.15, -0.1) is 5.10 Å². The molecule has 0 bridgehead atoms. The van der Waals surface area contributed by atoms with E-state index in [0.29, 0.717) is 10.4 Å². The molecule has 0 N–H and O–H groups in total. The van der Waals surface area contributed by atoms with Gasteiger partial charge in [0, 0.05) is 7.05 Å². The first-order valence-electron chi connectivity index (χ1n) is 6.74. The lowest BCUT2D eigenvalue weighted by atomic mass is 10.1. The maximum absolute atomic E-state index is 12.7. The van der Waals surface area contributed by atoms with Crippen molar-refractivity contribution in [3.8, 4) is 0 Å². The Morgan fingerprint density at radius 2 is 1.87 bits per heavy atom. The number of alkyl halides is 3. The largest absolute Gasteiger partial charge is 0.416 e. The minimum Gasteiger partial charge on any atom is -0.318 e. The number of aryl methyl sites for hydroxylation is 1. The first kappa shape index (κ1) is 15.5. The molecular weight excluding hydrogens is 323 g/mol. The molecule has 0 saturated heterocycles. The fraction of sp³-hybridized carbons (Fsp3) is 0.125. The number of rotatable bonds is 2. The van der Waals surface area contributed by atoms with Gasteiger partial charge in [0.25, 0.3) is 0 Å². The van der Waals surface area contributed by atoms with Crippen LogP contribution in [0.4, 0.5) is 13.2 Å². The topological polar surface area (TPSA) is 29.6 Å². The van der Waals surface area contributed by atoms with Crippen LogP contribution in [0.2, 0.25) is 0 Å². The zero-order valence-electron chi connectivity index (χ0n) is 12.1. The molecule has 0 unspecified atom stereocenters. The van der Waals surface area contributed by atoms with Crippen molar-refractivity contribution in [3.05, 3.63) is 64.5 Å². The Bertz CT molecular complexity index is 935. The van der Waals surface area contributed by atoms with Crippen LogP contribution in [0.1, 0.15) is 11.1 Å². The number of hydrogen-bond donors (Lipinski definition) is 0. The van der Waals surface area contributed by atoms with Crippen LogP contribution < -0.4 is 4.80 Å². The molecule has 3 rings (SSSR count). The van der Waals surface area contributed by atoms with Gasteiger partial charge in [0.1, 0.15) is 0 Å². The summed E-state index contributed by atoms with van der Waals surface area (Å²) in [5.41, 5.74) is 0.687. The molecule has 118 valence electrons. The summed E-state index contributed by atoms with van der Waals surface area (Å²) in [5, 5.41) is 8.01. The van der Waals surface area contributed by atoms with Gasteiger partial charge < -0.3 is 4.57 Å². The number of benzene rings is 2. The highest BCUT2D eigenvalue weighted by Gasteiger charge is 2.30. The number of halogens is 3. The number of aromatic nitrogens is 1. The van der Waals surface area contributed by atoms with Crippen LogP contribution in [0.5, 0.6) is 0 Å². The summed E-state index contributed by atoms with van der Waals surface area (Å²) < 4.78 is 40.9. The third-order valence-corrected chi connectivity index (χ3v) is 4.38. The van der Waals surface area contributed by atoms with Crippen molar-refractivity contribution in [2.45, 2.75) is 6.18 Å². The summed E-state index contributed by atoms with van der Waals surface area (Å²) in [7, 11) is 1.87. The number of fused-ring (bicyclic) bond motifs is 1. The maximum atomic E-state index is 12.7. The zero-order chi connectivity index (χ0) is 16.4. The zero-order valence-corrected chi connectivity index (χ0v) is 12.9. The SMILES string of the molecule is Cn1c(=NN=Cc2cccc(C(F)(F)F)c2)sc2ccccc21. The average Bonchev–Trinajstić information content (AvgIpc) is 2.84. The molecule has 7 heteroatoms. The molecule has 0 spiro atoms. The molecule has 0 atom stereocenters. The molecule has 0 amide bonds. The minimum atomic E-state index is -4.36. The maximum Gasteiger partial charge on any atom is 0.416 e. The van der Waals surface area contributed by atoms with Crippen LogP contribution in [0.3, 0.4) is 0 Å². The molecule has 1 aromatic heterocycles. The van der Waals surface area contributed by atoms with Gasteiger partial charge in [0.2, 0.25) is 4.80 Å². The molecule has 0 fully saturated rings.